The molecule has 0 radical (unpaired) electrons. The van der Waals surface area contributed by atoms with Crippen LogP contribution in [0.4, 0.5) is 13.2 Å². The van der Waals surface area contributed by atoms with Crippen LogP contribution in [0.3, 0.4) is 0 Å². The molecule has 2 aromatic carbocycles. The highest BCUT2D eigenvalue weighted by Crippen LogP contribution is 2.57. The number of Topliss-reactive ketones (excluding diaryl/α,β-unsaturated/α-hetero) is 3. The second-order valence-electron chi connectivity index (χ2n) is 10.6. The van der Waals surface area contributed by atoms with Crippen molar-refractivity contribution in [2.75, 3.05) is 0 Å². The lowest BCUT2D eigenvalue weighted by molar-refractivity contribution is -0.137. The van der Waals surface area contributed by atoms with Gasteiger partial charge >= 0.3 is 6.18 Å². The summed E-state index contributed by atoms with van der Waals surface area (Å²) < 4.78 is 45.3. The molecule has 1 atom stereocenters. The Morgan fingerprint density at radius 3 is 2.36 bits per heavy atom. The zero-order chi connectivity index (χ0) is 32.3. The number of benzene rings is 2. The minimum Gasteiger partial charge on any atom is -0.507 e. The van der Waals surface area contributed by atoms with Crippen LogP contribution in [0.1, 0.15) is 63.9 Å². The van der Waals surface area contributed by atoms with Crippen molar-refractivity contribution in [3.63, 3.8) is 0 Å². The highest BCUT2D eigenvalue weighted by Gasteiger charge is 2.56. The molecule has 3 N–H and O–H groups in total. The predicted octanol–water partition coefficient (Wildman–Crippen LogP) is 3.85. The van der Waals surface area contributed by atoms with Gasteiger partial charge in [-0.2, -0.15) is 13.2 Å². The number of fused-ring (bicyclic) bond motifs is 3. The summed E-state index contributed by atoms with van der Waals surface area (Å²) in [6, 6.07) is 3.79. The summed E-state index contributed by atoms with van der Waals surface area (Å²) in [6.45, 7) is 5.21. The van der Waals surface area contributed by atoms with Crippen molar-refractivity contribution < 1.29 is 47.3 Å². The molecule has 3 aromatic rings. The van der Waals surface area contributed by atoms with E-state index in [1.165, 1.54) is 38.6 Å². The number of aromatic hydroxyl groups is 2. The second-order valence-corrected chi connectivity index (χ2v) is 10.6. The Bertz CT molecular complexity index is 1840. The Morgan fingerprint density at radius 2 is 1.75 bits per heavy atom. The summed E-state index contributed by atoms with van der Waals surface area (Å²) in [7, 11) is 0. The number of nitrogens with zero attached hydrogens (tertiary/aromatic N) is 3. The number of hydrogen-bond acceptors (Lipinski definition) is 10. The van der Waals surface area contributed by atoms with Gasteiger partial charge in [0.15, 0.2) is 23.1 Å². The van der Waals surface area contributed by atoms with Gasteiger partial charge < -0.3 is 20.3 Å². The van der Waals surface area contributed by atoms with E-state index in [4.69, 9.17) is 4.74 Å². The molecule has 1 aliphatic carbocycles. The first-order valence-electron chi connectivity index (χ1n) is 13.2. The summed E-state index contributed by atoms with van der Waals surface area (Å²) >= 11 is 0. The number of halogens is 3. The molecule has 0 spiro atoms. The van der Waals surface area contributed by atoms with Gasteiger partial charge in [0.1, 0.15) is 46.2 Å². The van der Waals surface area contributed by atoms with Crippen LogP contribution in [-0.4, -0.2) is 48.3 Å². The third-order valence-electron chi connectivity index (χ3n) is 7.72. The molecule has 14 heteroatoms. The summed E-state index contributed by atoms with van der Waals surface area (Å²) in [5, 5.41) is 32.2. The van der Waals surface area contributed by atoms with Crippen molar-refractivity contribution >= 4 is 23.1 Å². The Balaban J connectivity index is 1.35. The number of allylic oxidation sites excluding steroid dienone is 4. The highest BCUT2D eigenvalue weighted by molar-refractivity contribution is 6.31. The average molecular weight is 611 g/mol. The number of phenolic OH excluding ortho intramolecular Hbond substituents is 2. The minimum atomic E-state index is -4.52. The van der Waals surface area contributed by atoms with Crippen molar-refractivity contribution in [1.82, 2.24) is 20.3 Å². The number of alkyl halides is 3. The monoisotopic (exact) mass is 610 g/mol. The van der Waals surface area contributed by atoms with Gasteiger partial charge in [-0.1, -0.05) is 17.3 Å². The maximum absolute atomic E-state index is 13.9. The number of rotatable bonds is 7. The van der Waals surface area contributed by atoms with Gasteiger partial charge in [0.2, 0.25) is 0 Å². The zero-order valence-corrected chi connectivity index (χ0v) is 23.8. The summed E-state index contributed by atoms with van der Waals surface area (Å²) in [5.74, 6) is -3.66. The summed E-state index contributed by atoms with van der Waals surface area (Å²) in [5.41, 5.74) is -2.49. The van der Waals surface area contributed by atoms with Gasteiger partial charge in [-0.25, -0.2) is 4.68 Å². The number of nitrogens with one attached hydrogen (secondary N) is 1. The van der Waals surface area contributed by atoms with Crippen molar-refractivity contribution in [3.8, 4) is 17.2 Å². The average Bonchev–Trinajstić information content (AvgIpc) is 3.52. The number of hydrogen-bond donors (Lipinski definition) is 3. The molecule has 0 saturated carbocycles. The van der Waals surface area contributed by atoms with Gasteiger partial charge in [0.25, 0.3) is 0 Å². The van der Waals surface area contributed by atoms with E-state index in [-0.39, 0.29) is 58.1 Å². The van der Waals surface area contributed by atoms with Gasteiger partial charge in [0, 0.05) is 22.9 Å². The fourth-order valence-corrected chi connectivity index (χ4v) is 5.25. The third-order valence-corrected chi connectivity index (χ3v) is 7.72. The Labute approximate surface area is 247 Å². The van der Waals surface area contributed by atoms with Crippen molar-refractivity contribution in [1.29, 1.82) is 0 Å². The van der Waals surface area contributed by atoms with E-state index < -0.39 is 51.8 Å². The molecule has 11 nitrogen and oxygen atoms in total. The van der Waals surface area contributed by atoms with E-state index in [1.807, 2.05) is 0 Å². The van der Waals surface area contributed by atoms with Gasteiger partial charge in [0.05, 0.1) is 29.4 Å². The normalized spacial score (nSPS) is 18.8. The first kappa shape index (κ1) is 30.2. The lowest BCUT2D eigenvalue weighted by atomic mass is 9.70. The summed E-state index contributed by atoms with van der Waals surface area (Å²) in [4.78, 5) is 51.8. The Hall–Kier alpha value is -5.27. The maximum Gasteiger partial charge on any atom is 0.416 e. The van der Waals surface area contributed by atoms with Crippen LogP contribution in [0.2, 0.25) is 0 Å². The lowest BCUT2D eigenvalue weighted by Crippen LogP contribution is -2.41. The molecular weight excluding hydrogens is 585 g/mol. The highest BCUT2D eigenvalue weighted by atomic mass is 19.4. The third kappa shape index (κ3) is 4.81. The van der Waals surface area contributed by atoms with Crippen LogP contribution in [-0.2, 0) is 34.3 Å². The van der Waals surface area contributed by atoms with Crippen molar-refractivity contribution in [2.45, 2.75) is 52.4 Å². The first-order chi connectivity index (χ1) is 20.5. The molecule has 2 heterocycles. The van der Waals surface area contributed by atoms with Crippen molar-refractivity contribution in [2.24, 2.45) is 0 Å². The number of phenols is 2. The van der Waals surface area contributed by atoms with Crippen LogP contribution in [0, 0.1) is 6.92 Å². The van der Waals surface area contributed by atoms with Crippen molar-refractivity contribution in [3.05, 3.63) is 87.1 Å². The van der Waals surface area contributed by atoms with E-state index in [9.17, 15) is 42.6 Å². The minimum absolute atomic E-state index is 0.0164. The van der Waals surface area contributed by atoms with Gasteiger partial charge in [-0.15, -0.1) is 5.10 Å². The standard InChI is InChI=1S/C30H25F3N4O7/c1-13-25(41)23(15(3)38)27-24(26(13)42)29(4)21(44-27)9-19(39)22(28(29)43)14(2)34-10-18-11-37(36-35-18)12-20(40)16-5-7-17(8-6-16)30(31,32)33/h5-9,11,34,41-42H,10,12H2,1-4H3/b22-14+. The van der Waals surface area contributed by atoms with Gasteiger partial charge in [-0.3, -0.25) is 19.2 Å². The van der Waals surface area contributed by atoms with E-state index in [0.29, 0.717) is 5.69 Å². The fraction of sp³-hybridized carbons (Fsp3) is 0.267. The quantitative estimate of drug-likeness (QED) is 0.204. The maximum atomic E-state index is 13.9. The molecule has 1 aromatic heterocycles. The Kier molecular flexibility index (Phi) is 7.18. The molecular formula is C30H25F3N4O7. The molecule has 0 saturated heterocycles. The molecule has 1 aliphatic heterocycles. The fourth-order valence-electron chi connectivity index (χ4n) is 5.25. The van der Waals surface area contributed by atoms with E-state index in [1.54, 1.807) is 0 Å². The molecule has 0 bridgehead atoms. The van der Waals surface area contributed by atoms with Crippen LogP contribution in [0.15, 0.2) is 53.6 Å². The van der Waals surface area contributed by atoms with E-state index in [0.717, 1.165) is 30.3 Å². The van der Waals surface area contributed by atoms with E-state index >= 15 is 0 Å². The molecule has 5 rings (SSSR count). The number of carbonyl (C=O) groups excluding carboxylic acids is 4. The predicted molar refractivity (Wildman–Crippen MR) is 146 cm³/mol. The Morgan fingerprint density at radius 1 is 1.09 bits per heavy atom. The van der Waals surface area contributed by atoms with Crippen LogP contribution in [0.25, 0.3) is 0 Å². The van der Waals surface area contributed by atoms with Gasteiger partial charge in [-0.05, 0) is 39.8 Å². The molecule has 2 aliphatic rings. The SMILES string of the molecule is CC(=O)c1c(O)c(C)c(O)c2c1OC1=CC(=O)/C(=C(/C)NCc3cn(CC(=O)c4ccc(C(F)(F)F)cc4)nn3)C(=O)C12C. The number of ketones is 4. The number of aromatic nitrogens is 3. The van der Waals surface area contributed by atoms with Crippen LogP contribution in [0.5, 0.6) is 17.2 Å². The first-order valence-corrected chi connectivity index (χ1v) is 13.2. The number of carbonyl (C=O) groups is 4. The van der Waals surface area contributed by atoms with Crippen LogP contribution < -0.4 is 10.1 Å². The van der Waals surface area contributed by atoms with E-state index in [2.05, 4.69) is 15.6 Å². The zero-order valence-electron chi connectivity index (χ0n) is 23.8. The van der Waals surface area contributed by atoms with Crippen LogP contribution >= 0.6 is 0 Å². The molecule has 1 unspecified atom stereocenters. The smallest absolute Gasteiger partial charge is 0.416 e. The molecule has 228 valence electrons. The molecule has 0 fully saturated rings. The lowest BCUT2D eigenvalue weighted by Gasteiger charge is -2.29. The number of ether oxygens (including phenoxy) is 1. The second kappa shape index (κ2) is 10.5. The molecule has 44 heavy (non-hydrogen) atoms. The largest absolute Gasteiger partial charge is 0.507 e. The molecule has 0 amide bonds. The summed E-state index contributed by atoms with van der Waals surface area (Å²) in [6.07, 6.45) is -2.00. The topological polar surface area (TPSA) is 161 Å².